The number of hydrogen-bond acceptors (Lipinski definition) is 7. The largest absolute Gasteiger partial charge is 0.480 e. The standard InChI is InChI=1S/C9H11NO2.C6H13NO2.C3H7NO3/c10-8(9(11)12)6-7-4-2-1-3-5-7;1-4(2)3-5(7)6(8)9;4-2(1-5)3(6)7/h1-5,8H,6,10H2,(H,11,12);4-5H,3,7H2,1-2H3,(H,8,9);2,5H,1,4H2,(H,6,7). The maximum atomic E-state index is 10.4. The van der Waals surface area contributed by atoms with Gasteiger partial charge in [-0.05, 0) is 24.3 Å². The molecule has 0 aliphatic heterocycles. The zero-order valence-corrected chi connectivity index (χ0v) is 16.1. The highest BCUT2D eigenvalue weighted by Crippen LogP contribution is 2.02. The summed E-state index contributed by atoms with van der Waals surface area (Å²) < 4.78 is 0. The lowest BCUT2D eigenvalue weighted by Crippen LogP contribution is -2.33. The van der Waals surface area contributed by atoms with Crippen LogP contribution in [0.25, 0.3) is 0 Å². The minimum Gasteiger partial charge on any atom is -0.480 e. The Kier molecular flexibility index (Phi) is 15.3. The number of nitrogens with two attached hydrogens (primary N) is 3. The molecule has 0 spiro atoms. The van der Waals surface area contributed by atoms with Crippen LogP contribution in [0.5, 0.6) is 0 Å². The Labute approximate surface area is 164 Å². The fraction of sp³-hybridized carbons (Fsp3) is 0.500. The Morgan fingerprint density at radius 1 is 0.821 bits per heavy atom. The first kappa shape index (κ1) is 27.7. The van der Waals surface area contributed by atoms with Crippen molar-refractivity contribution in [3.05, 3.63) is 35.9 Å². The van der Waals surface area contributed by atoms with Gasteiger partial charge in [0.05, 0.1) is 6.61 Å². The second-order valence-electron chi connectivity index (χ2n) is 6.34. The number of aliphatic hydroxyl groups is 1. The van der Waals surface area contributed by atoms with Crippen LogP contribution in [-0.2, 0) is 20.8 Å². The number of benzene rings is 1. The van der Waals surface area contributed by atoms with E-state index in [-0.39, 0.29) is 0 Å². The topological polar surface area (TPSA) is 210 Å². The highest BCUT2D eigenvalue weighted by atomic mass is 16.4. The van der Waals surface area contributed by atoms with Crippen LogP contribution in [0.2, 0.25) is 0 Å². The first-order valence-electron chi connectivity index (χ1n) is 8.52. The molecule has 160 valence electrons. The number of carbonyl (C=O) groups is 3. The lowest BCUT2D eigenvalue weighted by atomic mass is 10.1. The number of aliphatic carboxylic acids is 3. The molecule has 3 atom stereocenters. The third-order valence-corrected chi connectivity index (χ3v) is 3.17. The van der Waals surface area contributed by atoms with Crippen LogP contribution in [0.1, 0.15) is 25.8 Å². The summed E-state index contributed by atoms with van der Waals surface area (Å²) in [5, 5.41) is 32.7. The van der Waals surface area contributed by atoms with Crippen LogP contribution in [0.3, 0.4) is 0 Å². The van der Waals surface area contributed by atoms with Gasteiger partial charge in [0.15, 0.2) is 0 Å². The minimum absolute atomic E-state index is 0.357. The number of carboxylic acid groups (broad SMARTS) is 3. The summed E-state index contributed by atoms with van der Waals surface area (Å²) >= 11 is 0. The summed E-state index contributed by atoms with van der Waals surface area (Å²) in [6, 6.07) is 6.73. The molecule has 0 amide bonds. The van der Waals surface area contributed by atoms with E-state index < -0.39 is 42.6 Å². The highest BCUT2D eigenvalue weighted by Gasteiger charge is 2.12. The van der Waals surface area contributed by atoms with Crippen molar-refractivity contribution in [3.63, 3.8) is 0 Å². The van der Waals surface area contributed by atoms with E-state index in [2.05, 4.69) is 0 Å². The minimum atomic E-state index is -1.18. The molecule has 1 rings (SSSR count). The zero-order chi connectivity index (χ0) is 22.3. The number of carboxylic acids is 3. The zero-order valence-electron chi connectivity index (χ0n) is 16.1. The first-order chi connectivity index (χ1) is 12.9. The Hall–Kier alpha value is -2.53. The predicted molar refractivity (Wildman–Crippen MR) is 104 cm³/mol. The van der Waals surface area contributed by atoms with E-state index in [1.165, 1.54) is 0 Å². The molecule has 10 nitrogen and oxygen atoms in total. The summed E-state index contributed by atoms with van der Waals surface area (Å²) in [5.41, 5.74) is 16.3. The maximum Gasteiger partial charge on any atom is 0.322 e. The van der Waals surface area contributed by atoms with E-state index in [1.54, 1.807) is 0 Å². The lowest BCUT2D eigenvalue weighted by molar-refractivity contribution is -0.140. The third-order valence-electron chi connectivity index (χ3n) is 3.17. The molecule has 1 aromatic carbocycles. The summed E-state index contributed by atoms with van der Waals surface area (Å²) in [6.45, 7) is 3.39. The van der Waals surface area contributed by atoms with E-state index in [0.717, 1.165) is 5.56 Å². The highest BCUT2D eigenvalue weighted by molar-refractivity contribution is 5.73. The Bertz CT molecular complexity index is 582. The second-order valence-corrected chi connectivity index (χ2v) is 6.34. The summed E-state index contributed by atoms with van der Waals surface area (Å²) in [5.74, 6) is -2.69. The van der Waals surface area contributed by atoms with Gasteiger partial charge in [-0.25, -0.2) is 0 Å². The molecule has 0 fully saturated rings. The average Bonchev–Trinajstić information content (AvgIpc) is 2.62. The summed E-state index contributed by atoms with van der Waals surface area (Å²) in [7, 11) is 0. The van der Waals surface area contributed by atoms with Gasteiger partial charge < -0.3 is 37.6 Å². The van der Waals surface area contributed by atoms with Crippen molar-refractivity contribution in [3.8, 4) is 0 Å². The molecule has 10 heteroatoms. The van der Waals surface area contributed by atoms with Gasteiger partial charge in [0, 0.05) is 0 Å². The number of hydrogen-bond donors (Lipinski definition) is 7. The molecular weight excluding hydrogens is 370 g/mol. The lowest BCUT2D eigenvalue weighted by Gasteiger charge is -2.07. The Morgan fingerprint density at radius 3 is 1.50 bits per heavy atom. The van der Waals surface area contributed by atoms with Gasteiger partial charge in [-0.15, -0.1) is 0 Å². The fourth-order valence-corrected chi connectivity index (χ4v) is 1.64. The van der Waals surface area contributed by atoms with Gasteiger partial charge in [-0.1, -0.05) is 44.2 Å². The van der Waals surface area contributed by atoms with Crippen molar-refractivity contribution >= 4 is 17.9 Å². The monoisotopic (exact) mass is 401 g/mol. The summed E-state index contributed by atoms with van der Waals surface area (Å²) in [6.07, 6.45) is 0.936. The van der Waals surface area contributed by atoms with Gasteiger partial charge in [0.2, 0.25) is 0 Å². The van der Waals surface area contributed by atoms with Crippen molar-refractivity contribution in [1.82, 2.24) is 0 Å². The van der Waals surface area contributed by atoms with E-state index in [0.29, 0.717) is 18.8 Å². The van der Waals surface area contributed by atoms with Crippen LogP contribution < -0.4 is 17.2 Å². The van der Waals surface area contributed by atoms with Crippen LogP contribution in [-0.4, -0.2) is 63.1 Å². The Morgan fingerprint density at radius 2 is 1.25 bits per heavy atom. The van der Waals surface area contributed by atoms with E-state index in [1.807, 2.05) is 44.2 Å². The summed E-state index contributed by atoms with van der Waals surface area (Å²) in [4.78, 5) is 30.1. The normalized spacial score (nSPS) is 13.1. The molecular formula is C18H31N3O7. The van der Waals surface area contributed by atoms with Gasteiger partial charge >= 0.3 is 17.9 Å². The van der Waals surface area contributed by atoms with Gasteiger partial charge in [-0.3, -0.25) is 14.4 Å². The van der Waals surface area contributed by atoms with Crippen LogP contribution in [0.15, 0.2) is 30.3 Å². The average molecular weight is 401 g/mol. The molecule has 10 N–H and O–H groups in total. The predicted octanol–water partition coefficient (Wildman–Crippen LogP) is -0.524. The van der Waals surface area contributed by atoms with E-state index in [4.69, 9.17) is 37.6 Å². The first-order valence-corrected chi connectivity index (χ1v) is 8.52. The van der Waals surface area contributed by atoms with Crippen molar-refractivity contribution in [2.75, 3.05) is 6.61 Å². The number of aliphatic hydroxyl groups excluding tert-OH is 1. The molecule has 3 unspecified atom stereocenters. The molecule has 0 saturated heterocycles. The van der Waals surface area contributed by atoms with Gasteiger partial charge in [0.1, 0.15) is 18.1 Å². The molecule has 0 radical (unpaired) electrons. The number of rotatable bonds is 8. The Balaban J connectivity index is 0. The van der Waals surface area contributed by atoms with Crippen molar-refractivity contribution in [1.29, 1.82) is 0 Å². The molecule has 0 aliphatic rings. The van der Waals surface area contributed by atoms with Crippen LogP contribution in [0.4, 0.5) is 0 Å². The maximum absolute atomic E-state index is 10.4. The van der Waals surface area contributed by atoms with Crippen LogP contribution >= 0.6 is 0 Å². The molecule has 0 aromatic heterocycles. The molecule has 0 heterocycles. The van der Waals surface area contributed by atoms with Crippen LogP contribution in [0, 0.1) is 5.92 Å². The quantitative estimate of drug-likeness (QED) is 0.296. The molecule has 0 bridgehead atoms. The van der Waals surface area contributed by atoms with Crippen molar-refractivity contribution < 1.29 is 34.8 Å². The van der Waals surface area contributed by atoms with Crippen molar-refractivity contribution in [2.24, 2.45) is 23.1 Å². The van der Waals surface area contributed by atoms with E-state index in [9.17, 15) is 14.4 Å². The molecule has 28 heavy (non-hydrogen) atoms. The SMILES string of the molecule is CC(C)CC(N)C(=O)O.NC(CO)C(=O)O.NC(Cc1ccccc1)C(=O)O. The molecule has 0 saturated carbocycles. The van der Waals surface area contributed by atoms with Gasteiger partial charge in [-0.2, -0.15) is 0 Å². The fourth-order valence-electron chi connectivity index (χ4n) is 1.64. The third kappa shape index (κ3) is 15.7. The molecule has 0 aliphatic carbocycles. The molecule has 1 aromatic rings. The van der Waals surface area contributed by atoms with Crippen molar-refractivity contribution in [2.45, 2.75) is 44.8 Å². The smallest absolute Gasteiger partial charge is 0.322 e. The second kappa shape index (κ2) is 15.5. The van der Waals surface area contributed by atoms with Gasteiger partial charge in [0.25, 0.3) is 0 Å². The van der Waals surface area contributed by atoms with E-state index >= 15 is 0 Å².